The Hall–Kier alpha value is -3.53. The van der Waals surface area contributed by atoms with E-state index in [0.717, 1.165) is 0 Å². The van der Waals surface area contributed by atoms with E-state index in [2.05, 4.69) is 36.3 Å². The molecule has 0 spiro atoms. The fourth-order valence-electron chi connectivity index (χ4n) is 2.98. The number of carbonyl (C=O) groups excluding carboxylic acids is 2. The first kappa shape index (κ1) is 25.1. The van der Waals surface area contributed by atoms with Gasteiger partial charge in [0.1, 0.15) is 12.4 Å². The second kappa shape index (κ2) is 10.6. The standard InChI is InChI=1S/C24H30N6O3S/c1-24(2,3)17-8-12-19(13-9-17)33-14-20-27-28-23(30(20)25)34-15-21(31)26-18-10-6-16(7-11-18)22(32)29(4)5/h6-13H,14-15,25H2,1-5H3,(H,26,31). The highest BCUT2D eigenvalue weighted by Gasteiger charge is 2.15. The van der Waals surface area contributed by atoms with Crippen molar-refractivity contribution in [2.24, 2.45) is 0 Å². The summed E-state index contributed by atoms with van der Waals surface area (Å²) < 4.78 is 7.10. The molecule has 3 aromatic rings. The predicted molar refractivity (Wildman–Crippen MR) is 133 cm³/mol. The minimum atomic E-state index is -0.226. The third-order valence-electron chi connectivity index (χ3n) is 4.98. The van der Waals surface area contributed by atoms with E-state index >= 15 is 0 Å². The number of anilines is 1. The number of ether oxygens (including phenoxy) is 1. The molecule has 0 bridgehead atoms. The lowest BCUT2D eigenvalue weighted by Crippen LogP contribution is -2.21. The molecule has 180 valence electrons. The Balaban J connectivity index is 1.50. The van der Waals surface area contributed by atoms with Crippen molar-refractivity contribution >= 4 is 29.3 Å². The molecular formula is C24H30N6O3S. The monoisotopic (exact) mass is 482 g/mol. The molecule has 0 fully saturated rings. The molecule has 0 saturated carbocycles. The maximum absolute atomic E-state index is 12.3. The number of nitrogens with one attached hydrogen (secondary N) is 1. The predicted octanol–water partition coefficient (Wildman–Crippen LogP) is 3.30. The summed E-state index contributed by atoms with van der Waals surface area (Å²) >= 11 is 1.17. The minimum Gasteiger partial charge on any atom is -0.486 e. The van der Waals surface area contributed by atoms with Crippen molar-refractivity contribution in [2.45, 2.75) is 37.9 Å². The quantitative estimate of drug-likeness (QED) is 0.374. The highest BCUT2D eigenvalue weighted by atomic mass is 32.2. The normalized spacial score (nSPS) is 11.2. The van der Waals surface area contributed by atoms with Crippen molar-refractivity contribution in [3.63, 3.8) is 0 Å². The van der Waals surface area contributed by atoms with E-state index in [4.69, 9.17) is 10.6 Å². The number of nitrogens with two attached hydrogens (primary N) is 1. The molecule has 0 saturated heterocycles. The summed E-state index contributed by atoms with van der Waals surface area (Å²) in [4.78, 5) is 25.8. The summed E-state index contributed by atoms with van der Waals surface area (Å²) in [6.07, 6.45) is 0. The summed E-state index contributed by atoms with van der Waals surface area (Å²) in [5.41, 5.74) is 2.44. The number of benzene rings is 2. The molecule has 0 radical (unpaired) electrons. The lowest BCUT2D eigenvalue weighted by molar-refractivity contribution is -0.113. The zero-order chi connectivity index (χ0) is 24.9. The maximum Gasteiger partial charge on any atom is 0.253 e. The van der Waals surface area contributed by atoms with Crippen molar-refractivity contribution in [3.05, 3.63) is 65.5 Å². The van der Waals surface area contributed by atoms with Crippen molar-refractivity contribution in [3.8, 4) is 5.75 Å². The summed E-state index contributed by atoms with van der Waals surface area (Å²) in [7, 11) is 3.38. The first-order chi connectivity index (χ1) is 16.0. The van der Waals surface area contributed by atoms with Gasteiger partial charge in [0, 0.05) is 25.3 Å². The Morgan fingerprint density at radius 1 is 1.06 bits per heavy atom. The van der Waals surface area contributed by atoms with Gasteiger partial charge in [-0.05, 0) is 47.4 Å². The molecule has 2 aromatic carbocycles. The lowest BCUT2D eigenvalue weighted by atomic mass is 9.87. The van der Waals surface area contributed by atoms with Crippen molar-refractivity contribution in [1.82, 2.24) is 19.8 Å². The highest BCUT2D eigenvalue weighted by Crippen LogP contribution is 2.24. The highest BCUT2D eigenvalue weighted by molar-refractivity contribution is 7.99. The molecule has 0 atom stereocenters. The van der Waals surface area contributed by atoms with Crippen LogP contribution in [0.25, 0.3) is 0 Å². The van der Waals surface area contributed by atoms with Crippen LogP contribution in [0.3, 0.4) is 0 Å². The molecule has 1 heterocycles. The van der Waals surface area contributed by atoms with Crippen LogP contribution in [0.5, 0.6) is 5.75 Å². The lowest BCUT2D eigenvalue weighted by Gasteiger charge is -2.19. The number of carbonyl (C=O) groups is 2. The van der Waals surface area contributed by atoms with E-state index < -0.39 is 0 Å². The average molecular weight is 483 g/mol. The van der Waals surface area contributed by atoms with E-state index in [9.17, 15) is 9.59 Å². The van der Waals surface area contributed by atoms with Crippen LogP contribution in [-0.2, 0) is 16.8 Å². The van der Waals surface area contributed by atoms with Crippen LogP contribution in [0, 0.1) is 0 Å². The Morgan fingerprint density at radius 2 is 1.71 bits per heavy atom. The first-order valence-corrected chi connectivity index (χ1v) is 11.7. The van der Waals surface area contributed by atoms with Gasteiger partial charge in [-0.3, -0.25) is 9.59 Å². The molecule has 10 heteroatoms. The summed E-state index contributed by atoms with van der Waals surface area (Å²) in [5.74, 6) is 7.01. The molecule has 0 aliphatic heterocycles. The van der Waals surface area contributed by atoms with Gasteiger partial charge in [0.2, 0.25) is 11.1 Å². The molecule has 0 aliphatic rings. The van der Waals surface area contributed by atoms with E-state index in [0.29, 0.717) is 28.0 Å². The Bertz CT molecular complexity index is 1140. The minimum absolute atomic E-state index is 0.0724. The third kappa shape index (κ3) is 6.50. The zero-order valence-electron chi connectivity index (χ0n) is 20.0. The number of hydrogen-bond donors (Lipinski definition) is 2. The molecule has 0 unspecified atom stereocenters. The largest absolute Gasteiger partial charge is 0.486 e. The van der Waals surface area contributed by atoms with Crippen molar-refractivity contribution in [1.29, 1.82) is 0 Å². The van der Waals surface area contributed by atoms with Gasteiger partial charge in [-0.25, -0.2) is 4.68 Å². The fraction of sp³-hybridized carbons (Fsp3) is 0.333. The number of amides is 2. The second-order valence-corrected chi connectivity index (χ2v) is 9.89. The molecule has 3 rings (SSSR count). The zero-order valence-corrected chi connectivity index (χ0v) is 20.8. The smallest absolute Gasteiger partial charge is 0.253 e. The maximum atomic E-state index is 12.3. The number of rotatable bonds is 8. The summed E-state index contributed by atoms with van der Waals surface area (Å²) in [6.45, 7) is 6.62. The van der Waals surface area contributed by atoms with Crippen molar-refractivity contribution in [2.75, 3.05) is 31.0 Å². The molecular weight excluding hydrogens is 452 g/mol. The Morgan fingerprint density at radius 3 is 2.29 bits per heavy atom. The van der Waals surface area contributed by atoms with Gasteiger partial charge >= 0.3 is 0 Å². The average Bonchev–Trinajstić information content (AvgIpc) is 3.15. The SMILES string of the molecule is CN(C)C(=O)c1ccc(NC(=O)CSc2nnc(COc3ccc(C(C)(C)C)cc3)n2N)cc1. The Kier molecular flexibility index (Phi) is 7.83. The van der Waals surface area contributed by atoms with E-state index in [1.54, 1.807) is 38.4 Å². The molecule has 2 amide bonds. The van der Waals surface area contributed by atoms with Gasteiger partial charge < -0.3 is 20.8 Å². The topological polar surface area (TPSA) is 115 Å². The van der Waals surface area contributed by atoms with Crippen LogP contribution in [0.1, 0.15) is 42.5 Å². The van der Waals surface area contributed by atoms with Gasteiger partial charge in [0.15, 0.2) is 5.82 Å². The first-order valence-electron chi connectivity index (χ1n) is 10.7. The van der Waals surface area contributed by atoms with E-state index in [1.807, 2.05) is 24.3 Å². The van der Waals surface area contributed by atoms with Crippen LogP contribution in [0.4, 0.5) is 5.69 Å². The van der Waals surface area contributed by atoms with Crippen LogP contribution < -0.4 is 15.9 Å². The molecule has 1 aromatic heterocycles. The van der Waals surface area contributed by atoms with Gasteiger partial charge in [-0.2, -0.15) is 0 Å². The van der Waals surface area contributed by atoms with Crippen LogP contribution >= 0.6 is 11.8 Å². The van der Waals surface area contributed by atoms with E-state index in [1.165, 1.54) is 26.9 Å². The number of nitrogens with zero attached hydrogens (tertiary/aromatic N) is 4. The number of nitrogen functional groups attached to an aromatic ring is 1. The van der Waals surface area contributed by atoms with Crippen LogP contribution in [0.2, 0.25) is 0 Å². The summed E-state index contributed by atoms with van der Waals surface area (Å²) in [5, 5.41) is 11.3. The van der Waals surface area contributed by atoms with Gasteiger partial charge in [-0.15, -0.1) is 10.2 Å². The summed E-state index contributed by atoms with van der Waals surface area (Å²) in [6, 6.07) is 14.6. The number of hydrogen-bond acceptors (Lipinski definition) is 7. The van der Waals surface area contributed by atoms with Gasteiger partial charge in [0.05, 0.1) is 5.75 Å². The van der Waals surface area contributed by atoms with Crippen LogP contribution in [0.15, 0.2) is 53.7 Å². The number of aromatic nitrogens is 3. The molecule has 3 N–H and O–H groups in total. The Labute approximate surface area is 203 Å². The van der Waals surface area contributed by atoms with Crippen molar-refractivity contribution < 1.29 is 14.3 Å². The third-order valence-corrected chi connectivity index (χ3v) is 5.92. The van der Waals surface area contributed by atoms with Crippen LogP contribution in [-0.4, -0.2) is 51.4 Å². The fourth-order valence-corrected chi connectivity index (χ4v) is 3.66. The molecule has 34 heavy (non-hydrogen) atoms. The van der Waals surface area contributed by atoms with Gasteiger partial charge in [0.25, 0.3) is 5.91 Å². The van der Waals surface area contributed by atoms with Gasteiger partial charge in [-0.1, -0.05) is 44.7 Å². The number of thioether (sulfide) groups is 1. The second-order valence-electron chi connectivity index (χ2n) is 8.95. The molecule has 0 aliphatic carbocycles. The van der Waals surface area contributed by atoms with E-state index in [-0.39, 0.29) is 29.6 Å². The molecule has 9 nitrogen and oxygen atoms in total.